The topological polar surface area (TPSA) is 29.9 Å². The third-order valence-electron chi connectivity index (χ3n) is 3.06. The minimum Gasteiger partial charge on any atom is -0.333 e. The van der Waals surface area contributed by atoms with Crippen molar-refractivity contribution in [1.29, 1.82) is 0 Å². The van der Waals surface area contributed by atoms with Crippen LogP contribution in [0.4, 0.5) is 4.39 Å². The van der Waals surface area contributed by atoms with Crippen LogP contribution in [-0.2, 0) is 13.0 Å². The molecule has 0 aliphatic rings. The lowest BCUT2D eigenvalue weighted by Crippen LogP contribution is -2.17. The fourth-order valence-corrected chi connectivity index (χ4v) is 2.19. The largest absolute Gasteiger partial charge is 0.333 e. The van der Waals surface area contributed by atoms with E-state index >= 15 is 0 Å². The lowest BCUT2D eigenvalue weighted by molar-refractivity contribution is 0.624. The Labute approximate surface area is 123 Å². The Bertz CT molecular complexity index is 554. The molecule has 1 aromatic heterocycles. The first kappa shape index (κ1) is 15.0. The number of hydrogen-bond donors (Lipinski definition) is 1. The predicted octanol–water partition coefficient (Wildman–Crippen LogP) is 3.27. The number of rotatable bonds is 7. The molecule has 3 nitrogen and oxygen atoms in total. The lowest BCUT2D eigenvalue weighted by atomic mass is 10.2. The molecule has 0 aliphatic heterocycles. The van der Waals surface area contributed by atoms with Gasteiger partial charge in [0.05, 0.1) is 23.6 Å². The SMILES string of the molecule is CCCNCCc1cn(Cc2cccc(F)c2Cl)cn1. The molecule has 0 radical (unpaired) electrons. The Morgan fingerprint density at radius 2 is 2.20 bits per heavy atom. The number of imidazole rings is 1. The highest BCUT2D eigenvalue weighted by atomic mass is 35.5. The van der Waals surface area contributed by atoms with Crippen LogP contribution in [0.5, 0.6) is 0 Å². The van der Waals surface area contributed by atoms with Gasteiger partial charge in [0.2, 0.25) is 0 Å². The van der Waals surface area contributed by atoms with Gasteiger partial charge < -0.3 is 9.88 Å². The van der Waals surface area contributed by atoms with Gasteiger partial charge >= 0.3 is 0 Å². The van der Waals surface area contributed by atoms with E-state index in [0.717, 1.165) is 37.2 Å². The summed E-state index contributed by atoms with van der Waals surface area (Å²) in [6.07, 6.45) is 5.77. The molecular weight excluding hydrogens is 277 g/mol. The minimum absolute atomic E-state index is 0.187. The summed E-state index contributed by atoms with van der Waals surface area (Å²) >= 11 is 5.95. The van der Waals surface area contributed by atoms with Crippen molar-refractivity contribution >= 4 is 11.6 Å². The fraction of sp³-hybridized carbons (Fsp3) is 0.400. The Balaban J connectivity index is 1.94. The van der Waals surface area contributed by atoms with E-state index in [2.05, 4.69) is 17.2 Å². The highest BCUT2D eigenvalue weighted by Gasteiger charge is 2.06. The summed E-state index contributed by atoms with van der Waals surface area (Å²) in [5, 5.41) is 3.53. The molecule has 0 atom stereocenters. The number of nitrogens with zero attached hydrogens (tertiary/aromatic N) is 2. The molecular formula is C15H19ClFN3. The summed E-state index contributed by atoms with van der Waals surface area (Å²) < 4.78 is 15.3. The van der Waals surface area contributed by atoms with Gasteiger partial charge in [-0.1, -0.05) is 30.7 Å². The molecule has 0 saturated carbocycles. The van der Waals surface area contributed by atoms with Gasteiger partial charge in [0, 0.05) is 19.2 Å². The van der Waals surface area contributed by atoms with Crippen LogP contribution in [0.2, 0.25) is 5.02 Å². The van der Waals surface area contributed by atoms with E-state index in [9.17, 15) is 4.39 Å². The van der Waals surface area contributed by atoms with Gasteiger partial charge in [-0.05, 0) is 24.6 Å². The second-order valence-corrected chi connectivity index (χ2v) is 5.13. The lowest BCUT2D eigenvalue weighted by Gasteiger charge is -2.05. The summed E-state index contributed by atoms with van der Waals surface area (Å²) in [7, 11) is 0. The average molecular weight is 296 g/mol. The number of benzene rings is 1. The first-order chi connectivity index (χ1) is 9.70. The van der Waals surface area contributed by atoms with Crippen molar-refractivity contribution in [3.05, 3.63) is 52.8 Å². The Kier molecular flexibility index (Phi) is 5.56. The standard InChI is InChI=1S/C15H19ClFN3/c1-2-7-18-8-6-13-10-20(11-19-13)9-12-4-3-5-14(17)15(12)16/h3-5,10-11,18H,2,6-9H2,1H3. The molecule has 2 aromatic rings. The number of aromatic nitrogens is 2. The fourth-order valence-electron chi connectivity index (χ4n) is 2.01. The second kappa shape index (κ2) is 7.41. The maximum Gasteiger partial charge on any atom is 0.142 e. The summed E-state index contributed by atoms with van der Waals surface area (Å²) in [5.41, 5.74) is 1.79. The van der Waals surface area contributed by atoms with E-state index in [1.807, 2.05) is 16.8 Å². The summed E-state index contributed by atoms with van der Waals surface area (Å²) in [5.74, 6) is -0.381. The van der Waals surface area contributed by atoms with Crippen LogP contribution in [0.3, 0.4) is 0 Å². The van der Waals surface area contributed by atoms with E-state index in [-0.39, 0.29) is 10.8 Å². The maximum absolute atomic E-state index is 13.4. The van der Waals surface area contributed by atoms with Crippen molar-refractivity contribution in [1.82, 2.24) is 14.9 Å². The zero-order chi connectivity index (χ0) is 14.4. The van der Waals surface area contributed by atoms with Gasteiger partial charge in [-0.2, -0.15) is 0 Å². The van der Waals surface area contributed by atoms with Crippen LogP contribution in [0, 0.1) is 5.82 Å². The number of hydrogen-bond acceptors (Lipinski definition) is 2. The van der Waals surface area contributed by atoms with E-state index in [1.165, 1.54) is 6.07 Å². The van der Waals surface area contributed by atoms with Crippen LogP contribution in [0.1, 0.15) is 24.6 Å². The molecule has 1 aromatic carbocycles. The average Bonchev–Trinajstić information content (AvgIpc) is 2.88. The molecule has 0 saturated heterocycles. The Morgan fingerprint density at radius 3 is 3.00 bits per heavy atom. The van der Waals surface area contributed by atoms with E-state index < -0.39 is 0 Å². The van der Waals surface area contributed by atoms with Crippen LogP contribution < -0.4 is 5.32 Å². The molecule has 0 aliphatic carbocycles. The van der Waals surface area contributed by atoms with Crippen LogP contribution in [0.25, 0.3) is 0 Å². The molecule has 0 unspecified atom stereocenters. The van der Waals surface area contributed by atoms with Crippen molar-refractivity contribution < 1.29 is 4.39 Å². The van der Waals surface area contributed by atoms with Crippen LogP contribution >= 0.6 is 11.6 Å². The summed E-state index contributed by atoms with van der Waals surface area (Å²) in [6, 6.07) is 4.86. The normalized spacial score (nSPS) is 10.9. The first-order valence-electron chi connectivity index (χ1n) is 6.85. The highest BCUT2D eigenvalue weighted by Crippen LogP contribution is 2.20. The Hall–Kier alpha value is -1.39. The number of nitrogens with one attached hydrogen (secondary N) is 1. The minimum atomic E-state index is -0.381. The van der Waals surface area contributed by atoms with Gasteiger partial charge in [0.1, 0.15) is 5.82 Å². The van der Waals surface area contributed by atoms with Gasteiger partial charge in [-0.25, -0.2) is 9.37 Å². The maximum atomic E-state index is 13.4. The van der Waals surface area contributed by atoms with E-state index in [4.69, 9.17) is 11.6 Å². The molecule has 0 amide bonds. The molecule has 1 heterocycles. The Morgan fingerprint density at radius 1 is 1.35 bits per heavy atom. The van der Waals surface area contributed by atoms with Gasteiger partial charge in [0.25, 0.3) is 0 Å². The van der Waals surface area contributed by atoms with Gasteiger partial charge in [-0.3, -0.25) is 0 Å². The van der Waals surface area contributed by atoms with Crippen molar-refractivity contribution in [3.8, 4) is 0 Å². The zero-order valence-electron chi connectivity index (χ0n) is 11.6. The van der Waals surface area contributed by atoms with Crippen molar-refractivity contribution in [3.63, 3.8) is 0 Å². The van der Waals surface area contributed by atoms with Crippen LogP contribution in [-0.4, -0.2) is 22.6 Å². The summed E-state index contributed by atoms with van der Waals surface area (Å²) in [4.78, 5) is 4.35. The third-order valence-corrected chi connectivity index (χ3v) is 3.48. The summed E-state index contributed by atoms with van der Waals surface area (Å²) in [6.45, 7) is 4.63. The third kappa shape index (κ3) is 4.05. The van der Waals surface area contributed by atoms with E-state index in [0.29, 0.717) is 6.54 Å². The van der Waals surface area contributed by atoms with Crippen molar-refractivity contribution in [2.24, 2.45) is 0 Å². The smallest absolute Gasteiger partial charge is 0.142 e. The van der Waals surface area contributed by atoms with Crippen LogP contribution in [0.15, 0.2) is 30.7 Å². The first-order valence-corrected chi connectivity index (χ1v) is 7.22. The predicted molar refractivity (Wildman–Crippen MR) is 79.6 cm³/mol. The van der Waals surface area contributed by atoms with Crippen molar-refractivity contribution in [2.75, 3.05) is 13.1 Å². The monoisotopic (exact) mass is 295 g/mol. The molecule has 1 N–H and O–H groups in total. The quantitative estimate of drug-likeness (QED) is 0.795. The molecule has 108 valence electrons. The molecule has 5 heteroatoms. The van der Waals surface area contributed by atoms with Crippen molar-refractivity contribution in [2.45, 2.75) is 26.3 Å². The molecule has 0 fully saturated rings. The molecule has 0 spiro atoms. The highest BCUT2D eigenvalue weighted by molar-refractivity contribution is 6.31. The molecule has 0 bridgehead atoms. The second-order valence-electron chi connectivity index (χ2n) is 4.75. The molecule has 20 heavy (non-hydrogen) atoms. The molecule has 2 rings (SSSR count). The van der Waals surface area contributed by atoms with E-state index in [1.54, 1.807) is 12.4 Å². The van der Waals surface area contributed by atoms with Gasteiger partial charge in [0.15, 0.2) is 0 Å². The number of halogens is 2. The van der Waals surface area contributed by atoms with Gasteiger partial charge in [-0.15, -0.1) is 0 Å². The zero-order valence-corrected chi connectivity index (χ0v) is 12.3.